The number of aliphatic hydroxyl groups excluding tert-OH is 1. The van der Waals surface area contributed by atoms with Crippen molar-refractivity contribution in [2.75, 3.05) is 11.9 Å². The predicted molar refractivity (Wildman–Crippen MR) is 69.4 cm³/mol. The van der Waals surface area contributed by atoms with Gasteiger partial charge in [0.05, 0.1) is 12.1 Å². The summed E-state index contributed by atoms with van der Waals surface area (Å²) in [4.78, 5) is 22.8. The number of nitrogens with one attached hydrogen (secondary N) is 2. The molecule has 0 saturated carbocycles. The van der Waals surface area contributed by atoms with E-state index in [1.54, 1.807) is 38.1 Å². The Morgan fingerprint density at radius 2 is 2.00 bits per heavy atom. The van der Waals surface area contributed by atoms with Crippen molar-refractivity contribution in [1.82, 2.24) is 5.32 Å². The zero-order valence-electron chi connectivity index (χ0n) is 10.8. The van der Waals surface area contributed by atoms with Crippen LogP contribution >= 0.6 is 0 Å². The molecular weight excluding hydrogens is 232 g/mol. The molecule has 1 rings (SSSR count). The number of hydrogen-bond acceptors (Lipinski definition) is 3. The SMILES string of the molecule is CC(=O)Nc1cccc(C(=O)NC(C)(C)CO)c1. The van der Waals surface area contributed by atoms with Crippen molar-refractivity contribution in [2.45, 2.75) is 26.3 Å². The highest BCUT2D eigenvalue weighted by Crippen LogP contribution is 2.12. The number of benzene rings is 1. The van der Waals surface area contributed by atoms with Crippen LogP contribution in [0.25, 0.3) is 0 Å². The van der Waals surface area contributed by atoms with Crippen LogP contribution in [0.4, 0.5) is 5.69 Å². The molecule has 5 heteroatoms. The second kappa shape index (κ2) is 5.64. The van der Waals surface area contributed by atoms with Crippen molar-refractivity contribution in [3.63, 3.8) is 0 Å². The molecular formula is C13H18N2O3. The molecule has 0 radical (unpaired) electrons. The van der Waals surface area contributed by atoms with Crippen LogP contribution in [0.3, 0.4) is 0 Å². The largest absolute Gasteiger partial charge is 0.394 e. The Labute approximate surface area is 106 Å². The molecule has 0 heterocycles. The molecule has 0 aliphatic heterocycles. The first-order chi connectivity index (χ1) is 8.34. The fourth-order valence-electron chi connectivity index (χ4n) is 1.36. The molecule has 1 aromatic carbocycles. The summed E-state index contributed by atoms with van der Waals surface area (Å²) in [7, 11) is 0. The standard InChI is InChI=1S/C13H18N2O3/c1-9(17)14-11-6-4-5-10(7-11)12(18)15-13(2,3)8-16/h4-7,16H,8H2,1-3H3,(H,14,17)(H,15,18). The maximum atomic E-state index is 11.9. The molecule has 0 atom stereocenters. The van der Waals surface area contributed by atoms with Gasteiger partial charge in [-0.3, -0.25) is 9.59 Å². The van der Waals surface area contributed by atoms with E-state index in [9.17, 15) is 9.59 Å². The molecule has 0 spiro atoms. The van der Waals surface area contributed by atoms with Crippen LogP contribution < -0.4 is 10.6 Å². The highest BCUT2D eigenvalue weighted by Gasteiger charge is 2.20. The molecule has 0 fully saturated rings. The number of hydrogen-bond donors (Lipinski definition) is 3. The van der Waals surface area contributed by atoms with Crippen LogP contribution in [-0.2, 0) is 4.79 Å². The van der Waals surface area contributed by atoms with Crippen LogP contribution in [-0.4, -0.2) is 29.1 Å². The predicted octanol–water partition coefficient (Wildman–Crippen LogP) is 1.15. The normalized spacial score (nSPS) is 10.9. The van der Waals surface area contributed by atoms with E-state index in [0.717, 1.165) is 0 Å². The second-order valence-electron chi connectivity index (χ2n) is 4.76. The number of carbonyl (C=O) groups is 2. The minimum Gasteiger partial charge on any atom is -0.394 e. The van der Waals surface area contributed by atoms with Gasteiger partial charge in [0.2, 0.25) is 5.91 Å². The Hall–Kier alpha value is -1.88. The Morgan fingerprint density at radius 1 is 1.33 bits per heavy atom. The van der Waals surface area contributed by atoms with Gasteiger partial charge in [0, 0.05) is 18.2 Å². The van der Waals surface area contributed by atoms with Crippen molar-refractivity contribution in [2.24, 2.45) is 0 Å². The van der Waals surface area contributed by atoms with Gasteiger partial charge in [0.1, 0.15) is 0 Å². The van der Waals surface area contributed by atoms with Gasteiger partial charge < -0.3 is 15.7 Å². The second-order valence-corrected chi connectivity index (χ2v) is 4.76. The summed E-state index contributed by atoms with van der Waals surface area (Å²) in [5.41, 5.74) is 0.320. The van der Waals surface area contributed by atoms with E-state index < -0.39 is 5.54 Å². The molecule has 1 aromatic rings. The fourth-order valence-corrected chi connectivity index (χ4v) is 1.36. The van der Waals surface area contributed by atoms with Gasteiger partial charge in [-0.1, -0.05) is 6.07 Å². The Kier molecular flexibility index (Phi) is 4.44. The fraction of sp³-hybridized carbons (Fsp3) is 0.385. The summed E-state index contributed by atoms with van der Waals surface area (Å²) < 4.78 is 0. The minimum absolute atomic E-state index is 0.149. The van der Waals surface area contributed by atoms with Crippen molar-refractivity contribution in [1.29, 1.82) is 0 Å². The van der Waals surface area contributed by atoms with E-state index >= 15 is 0 Å². The van der Waals surface area contributed by atoms with Crippen molar-refractivity contribution in [3.05, 3.63) is 29.8 Å². The van der Waals surface area contributed by atoms with Crippen LogP contribution in [0, 0.1) is 0 Å². The van der Waals surface area contributed by atoms with E-state index in [-0.39, 0.29) is 18.4 Å². The lowest BCUT2D eigenvalue weighted by atomic mass is 10.1. The van der Waals surface area contributed by atoms with E-state index in [1.807, 2.05) is 0 Å². The third kappa shape index (κ3) is 4.18. The van der Waals surface area contributed by atoms with Crippen molar-refractivity contribution in [3.8, 4) is 0 Å². The molecule has 0 saturated heterocycles. The van der Waals surface area contributed by atoms with Crippen LogP contribution in [0.15, 0.2) is 24.3 Å². The minimum atomic E-state index is -0.679. The number of aliphatic hydroxyl groups is 1. The highest BCUT2D eigenvalue weighted by molar-refractivity contribution is 5.97. The van der Waals surface area contributed by atoms with Gasteiger partial charge in [0.25, 0.3) is 5.91 Å². The Morgan fingerprint density at radius 3 is 2.56 bits per heavy atom. The molecule has 0 unspecified atom stereocenters. The lowest BCUT2D eigenvalue weighted by molar-refractivity contribution is -0.114. The Bertz CT molecular complexity index is 455. The zero-order valence-corrected chi connectivity index (χ0v) is 10.8. The summed E-state index contributed by atoms with van der Waals surface area (Å²) in [6, 6.07) is 6.62. The van der Waals surface area contributed by atoms with Gasteiger partial charge >= 0.3 is 0 Å². The van der Waals surface area contributed by atoms with Crippen LogP contribution in [0.2, 0.25) is 0 Å². The van der Waals surface area contributed by atoms with Gasteiger partial charge in [0.15, 0.2) is 0 Å². The monoisotopic (exact) mass is 250 g/mol. The summed E-state index contributed by atoms with van der Waals surface area (Å²) in [6.07, 6.45) is 0. The van der Waals surface area contributed by atoms with E-state index in [2.05, 4.69) is 10.6 Å². The molecule has 2 amide bonds. The van der Waals surface area contributed by atoms with Crippen LogP contribution in [0.5, 0.6) is 0 Å². The van der Waals surface area contributed by atoms with Gasteiger partial charge in [-0.2, -0.15) is 0 Å². The topological polar surface area (TPSA) is 78.4 Å². The zero-order chi connectivity index (χ0) is 13.8. The lowest BCUT2D eigenvalue weighted by Gasteiger charge is -2.23. The number of anilines is 1. The number of rotatable bonds is 4. The third-order valence-corrected chi connectivity index (χ3v) is 2.29. The van der Waals surface area contributed by atoms with E-state index in [4.69, 9.17) is 5.11 Å². The molecule has 0 aromatic heterocycles. The van der Waals surface area contributed by atoms with Crippen LogP contribution in [0.1, 0.15) is 31.1 Å². The maximum Gasteiger partial charge on any atom is 0.251 e. The lowest BCUT2D eigenvalue weighted by Crippen LogP contribution is -2.46. The third-order valence-electron chi connectivity index (χ3n) is 2.29. The summed E-state index contributed by atoms with van der Waals surface area (Å²) in [5.74, 6) is -0.482. The van der Waals surface area contributed by atoms with Gasteiger partial charge in [-0.05, 0) is 32.0 Å². The van der Waals surface area contributed by atoms with E-state index in [1.165, 1.54) is 6.92 Å². The average molecular weight is 250 g/mol. The van der Waals surface area contributed by atoms with Crippen molar-refractivity contribution < 1.29 is 14.7 Å². The first-order valence-corrected chi connectivity index (χ1v) is 5.65. The molecule has 3 N–H and O–H groups in total. The molecule has 98 valence electrons. The first kappa shape index (κ1) is 14.2. The molecule has 18 heavy (non-hydrogen) atoms. The molecule has 0 aliphatic rings. The molecule has 0 bridgehead atoms. The van der Waals surface area contributed by atoms with E-state index in [0.29, 0.717) is 11.3 Å². The van der Waals surface area contributed by atoms with Gasteiger partial charge in [-0.25, -0.2) is 0 Å². The summed E-state index contributed by atoms with van der Waals surface area (Å²) >= 11 is 0. The maximum absolute atomic E-state index is 11.9. The smallest absolute Gasteiger partial charge is 0.251 e. The highest BCUT2D eigenvalue weighted by atomic mass is 16.3. The van der Waals surface area contributed by atoms with Crippen molar-refractivity contribution >= 4 is 17.5 Å². The molecule has 5 nitrogen and oxygen atoms in total. The first-order valence-electron chi connectivity index (χ1n) is 5.65. The average Bonchev–Trinajstić information content (AvgIpc) is 2.28. The summed E-state index contributed by atoms with van der Waals surface area (Å²) in [5, 5.41) is 14.4. The number of carbonyl (C=O) groups excluding carboxylic acids is 2. The Balaban J connectivity index is 2.83. The quantitative estimate of drug-likeness (QED) is 0.750. The number of amides is 2. The van der Waals surface area contributed by atoms with Gasteiger partial charge in [-0.15, -0.1) is 0 Å². The molecule has 0 aliphatic carbocycles. The summed E-state index contributed by atoms with van der Waals surface area (Å²) in [6.45, 7) is 4.71.